The van der Waals surface area contributed by atoms with Gasteiger partial charge in [-0.3, -0.25) is 9.59 Å². The molecule has 0 aliphatic heterocycles. The number of esters is 1. The smallest absolute Gasteiger partial charge is 0.306 e. The van der Waals surface area contributed by atoms with Crippen LogP contribution in [-0.4, -0.2) is 18.1 Å². The van der Waals surface area contributed by atoms with E-state index in [2.05, 4.69) is 26.0 Å². The van der Waals surface area contributed by atoms with E-state index < -0.39 is 6.04 Å². The molecule has 0 heterocycles. The highest BCUT2D eigenvalue weighted by molar-refractivity contribution is 5.69. The lowest BCUT2D eigenvalue weighted by Gasteiger charge is -2.18. The van der Waals surface area contributed by atoms with Gasteiger partial charge >= 0.3 is 12.0 Å². The van der Waals surface area contributed by atoms with E-state index in [9.17, 15) is 14.0 Å². The van der Waals surface area contributed by atoms with Gasteiger partial charge in [-0.25, -0.2) is 0 Å². The standard InChI is InChI=1S/C36H67FO3/c1-3-5-7-9-11-12-13-14-15-16-17-18-20-25-29-33-36(39)40-34(30-26-22-19-10-8-6-4-2)31-27-23-21-24-28-32-35(37)38/h14-15,34H,3-13,16-33H2,1-2H3/b15-14+. The van der Waals surface area contributed by atoms with Crippen LogP contribution in [0.3, 0.4) is 0 Å². The van der Waals surface area contributed by atoms with Gasteiger partial charge in [0, 0.05) is 12.8 Å². The molecule has 0 saturated heterocycles. The molecule has 0 aliphatic rings. The maximum atomic E-state index is 12.5. The second kappa shape index (κ2) is 32.3. The Hall–Kier alpha value is -1.19. The summed E-state index contributed by atoms with van der Waals surface area (Å²) >= 11 is 0. The summed E-state index contributed by atoms with van der Waals surface area (Å²) in [7, 11) is 0. The van der Waals surface area contributed by atoms with E-state index in [0.717, 1.165) is 57.8 Å². The molecule has 0 aromatic carbocycles. The zero-order valence-corrected chi connectivity index (χ0v) is 26.8. The highest BCUT2D eigenvalue weighted by Crippen LogP contribution is 2.18. The fourth-order valence-electron chi connectivity index (χ4n) is 5.34. The van der Waals surface area contributed by atoms with Crippen molar-refractivity contribution in [2.45, 2.75) is 206 Å². The van der Waals surface area contributed by atoms with E-state index in [1.54, 1.807) is 0 Å². The average Bonchev–Trinajstić information content (AvgIpc) is 2.93. The first kappa shape index (κ1) is 38.8. The summed E-state index contributed by atoms with van der Waals surface area (Å²) in [6.07, 6.45) is 37.2. The molecule has 0 rings (SSSR count). The van der Waals surface area contributed by atoms with E-state index in [1.165, 1.54) is 109 Å². The minimum absolute atomic E-state index is 0.0213. The Bertz CT molecular complexity index is 574. The van der Waals surface area contributed by atoms with Crippen LogP contribution in [0.2, 0.25) is 0 Å². The summed E-state index contributed by atoms with van der Waals surface area (Å²) < 4.78 is 18.2. The second-order valence-electron chi connectivity index (χ2n) is 12.0. The van der Waals surface area contributed by atoms with E-state index in [0.29, 0.717) is 12.8 Å². The largest absolute Gasteiger partial charge is 0.462 e. The number of ether oxygens (including phenoxy) is 1. The van der Waals surface area contributed by atoms with Gasteiger partial charge in [-0.1, -0.05) is 135 Å². The van der Waals surface area contributed by atoms with Gasteiger partial charge in [0.2, 0.25) is 0 Å². The van der Waals surface area contributed by atoms with Crippen LogP contribution in [0.15, 0.2) is 12.2 Å². The number of rotatable bonds is 32. The lowest BCUT2D eigenvalue weighted by molar-refractivity contribution is -0.150. The van der Waals surface area contributed by atoms with E-state index >= 15 is 0 Å². The van der Waals surface area contributed by atoms with Crippen LogP contribution in [0.1, 0.15) is 200 Å². The van der Waals surface area contributed by atoms with Gasteiger partial charge < -0.3 is 4.74 Å². The summed E-state index contributed by atoms with van der Waals surface area (Å²) in [5.41, 5.74) is 0. The second-order valence-corrected chi connectivity index (χ2v) is 12.0. The summed E-state index contributed by atoms with van der Waals surface area (Å²) in [4.78, 5) is 23.0. The average molecular weight is 567 g/mol. The molecule has 1 atom stereocenters. The van der Waals surface area contributed by atoms with Gasteiger partial charge in [-0.15, -0.1) is 0 Å². The number of carbonyl (C=O) groups is 2. The van der Waals surface area contributed by atoms with Gasteiger partial charge in [0.05, 0.1) is 0 Å². The van der Waals surface area contributed by atoms with Gasteiger partial charge in [-0.05, 0) is 64.2 Å². The van der Waals surface area contributed by atoms with Gasteiger partial charge in [0.25, 0.3) is 0 Å². The molecule has 236 valence electrons. The molecule has 3 nitrogen and oxygen atoms in total. The van der Waals surface area contributed by atoms with Crippen LogP contribution in [0, 0.1) is 0 Å². The maximum absolute atomic E-state index is 12.5. The monoisotopic (exact) mass is 567 g/mol. The molecule has 0 bridgehead atoms. The van der Waals surface area contributed by atoms with Crippen LogP contribution < -0.4 is 0 Å². The van der Waals surface area contributed by atoms with E-state index in [-0.39, 0.29) is 18.5 Å². The Morgan fingerprint density at radius 3 is 1.35 bits per heavy atom. The quantitative estimate of drug-likeness (QED) is 0.0352. The normalized spacial score (nSPS) is 12.3. The molecule has 0 aliphatic carbocycles. The Morgan fingerprint density at radius 1 is 0.525 bits per heavy atom. The minimum atomic E-state index is -1.20. The molecule has 0 fully saturated rings. The van der Waals surface area contributed by atoms with Crippen molar-refractivity contribution >= 4 is 12.0 Å². The fourth-order valence-corrected chi connectivity index (χ4v) is 5.34. The topological polar surface area (TPSA) is 43.4 Å². The molecular weight excluding hydrogens is 499 g/mol. The van der Waals surface area contributed by atoms with Crippen molar-refractivity contribution in [2.75, 3.05) is 0 Å². The molecule has 40 heavy (non-hydrogen) atoms. The Balaban J connectivity index is 3.95. The van der Waals surface area contributed by atoms with Crippen molar-refractivity contribution in [3.8, 4) is 0 Å². The third-order valence-corrected chi connectivity index (χ3v) is 7.97. The van der Waals surface area contributed by atoms with E-state index in [4.69, 9.17) is 4.74 Å². The molecular formula is C36H67FO3. The first-order valence-corrected chi connectivity index (χ1v) is 17.6. The Labute approximate surface area is 248 Å². The lowest BCUT2D eigenvalue weighted by Crippen LogP contribution is -2.18. The molecule has 0 amide bonds. The number of allylic oxidation sites excluding steroid dienone is 2. The fraction of sp³-hybridized carbons (Fsp3) is 0.889. The molecule has 0 spiro atoms. The Kier molecular flexibility index (Phi) is 31.4. The molecule has 0 N–H and O–H groups in total. The molecule has 0 aromatic heterocycles. The van der Waals surface area contributed by atoms with Crippen LogP contribution in [0.5, 0.6) is 0 Å². The van der Waals surface area contributed by atoms with Crippen molar-refractivity contribution in [3.05, 3.63) is 12.2 Å². The van der Waals surface area contributed by atoms with Crippen LogP contribution in [-0.2, 0) is 14.3 Å². The first-order chi connectivity index (χ1) is 19.6. The first-order valence-electron chi connectivity index (χ1n) is 17.6. The third-order valence-electron chi connectivity index (χ3n) is 7.97. The van der Waals surface area contributed by atoms with Gasteiger partial charge in [-0.2, -0.15) is 4.39 Å². The van der Waals surface area contributed by atoms with Gasteiger partial charge in [0.15, 0.2) is 0 Å². The van der Waals surface area contributed by atoms with Crippen LogP contribution >= 0.6 is 0 Å². The van der Waals surface area contributed by atoms with Crippen LogP contribution in [0.25, 0.3) is 0 Å². The molecule has 4 heteroatoms. The lowest BCUT2D eigenvalue weighted by atomic mass is 10.0. The number of unbranched alkanes of at least 4 members (excludes halogenated alkanes) is 21. The molecule has 0 aromatic rings. The SMILES string of the molecule is CCCCCCCC/C=C/CCCCCCCC(=O)OC(CCCCCCCCC)CCCCCCCC(=O)F. The van der Waals surface area contributed by atoms with Crippen molar-refractivity contribution in [2.24, 2.45) is 0 Å². The summed E-state index contributed by atoms with van der Waals surface area (Å²) in [6, 6.07) is -1.20. The zero-order valence-electron chi connectivity index (χ0n) is 26.8. The van der Waals surface area contributed by atoms with Crippen molar-refractivity contribution in [3.63, 3.8) is 0 Å². The summed E-state index contributed by atoms with van der Waals surface area (Å²) in [5.74, 6) is -0.0213. The predicted molar refractivity (Wildman–Crippen MR) is 170 cm³/mol. The molecule has 0 saturated carbocycles. The summed E-state index contributed by atoms with van der Waals surface area (Å²) in [6.45, 7) is 4.51. The number of carbonyl (C=O) groups excluding carboxylic acids is 2. The number of halogens is 1. The predicted octanol–water partition coefficient (Wildman–Crippen LogP) is 12.3. The number of hydrogen-bond donors (Lipinski definition) is 0. The van der Waals surface area contributed by atoms with Crippen molar-refractivity contribution in [1.29, 1.82) is 0 Å². The highest BCUT2D eigenvalue weighted by atomic mass is 19.1. The Morgan fingerprint density at radius 2 is 0.900 bits per heavy atom. The van der Waals surface area contributed by atoms with Crippen molar-refractivity contribution < 1.29 is 18.7 Å². The maximum Gasteiger partial charge on any atom is 0.306 e. The number of hydrogen-bond acceptors (Lipinski definition) is 3. The van der Waals surface area contributed by atoms with E-state index in [1.807, 2.05) is 0 Å². The van der Waals surface area contributed by atoms with Gasteiger partial charge in [0.1, 0.15) is 6.10 Å². The summed E-state index contributed by atoms with van der Waals surface area (Å²) in [5, 5.41) is 0. The molecule has 1 unspecified atom stereocenters. The van der Waals surface area contributed by atoms with Crippen molar-refractivity contribution in [1.82, 2.24) is 0 Å². The van der Waals surface area contributed by atoms with Crippen LogP contribution in [0.4, 0.5) is 4.39 Å². The molecule has 0 radical (unpaired) electrons. The third kappa shape index (κ3) is 31.3. The highest BCUT2D eigenvalue weighted by Gasteiger charge is 2.14. The zero-order chi connectivity index (χ0) is 29.4. The minimum Gasteiger partial charge on any atom is -0.462 e.